The predicted molar refractivity (Wildman–Crippen MR) is 83.9 cm³/mol. The summed E-state index contributed by atoms with van der Waals surface area (Å²) in [5.41, 5.74) is 2.56. The fraction of sp³-hybridized carbons (Fsp3) is 0.429. The van der Waals surface area contributed by atoms with Crippen LogP contribution in [-0.2, 0) is 12.8 Å². The molecule has 0 atom stereocenters. The van der Waals surface area contributed by atoms with Gasteiger partial charge in [-0.1, -0.05) is 0 Å². The van der Waals surface area contributed by atoms with Crippen molar-refractivity contribution in [2.24, 2.45) is 0 Å². The zero-order valence-electron chi connectivity index (χ0n) is 10.9. The van der Waals surface area contributed by atoms with Gasteiger partial charge < -0.3 is 5.32 Å². The maximum absolute atomic E-state index is 4.78. The molecular weight excluding hydrogens is 322 g/mol. The van der Waals surface area contributed by atoms with E-state index in [1.165, 1.54) is 24.1 Å². The third-order valence-corrected chi connectivity index (χ3v) is 5.00. The van der Waals surface area contributed by atoms with Crippen molar-refractivity contribution in [1.29, 1.82) is 0 Å². The van der Waals surface area contributed by atoms with Crippen LogP contribution < -0.4 is 5.32 Å². The first-order chi connectivity index (χ1) is 9.28. The highest BCUT2D eigenvalue weighted by molar-refractivity contribution is 9.10. The van der Waals surface area contributed by atoms with Crippen LogP contribution >= 0.6 is 27.3 Å². The number of aromatic nitrogens is 2. The van der Waals surface area contributed by atoms with Crippen molar-refractivity contribution in [3.8, 4) is 10.7 Å². The average molecular weight is 338 g/mol. The first-order valence-corrected chi connectivity index (χ1v) is 8.33. The summed E-state index contributed by atoms with van der Waals surface area (Å²) in [5, 5.41) is 5.47. The van der Waals surface area contributed by atoms with Gasteiger partial charge in [-0.3, -0.25) is 0 Å². The minimum absolute atomic E-state index is 0.854. The van der Waals surface area contributed by atoms with Crippen molar-refractivity contribution in [2.75, 3.05) is 11.9 Å². The van der Waals surface area contributed by atoms with Gasteiger partial charge >= 0.3 is 0 Å². The molecule has 0 aliphatic heterocycles. The van der Waals surface area contributed by atoms with Gasteiger partial charge in [-0.25, -0.2) is 9.97 Å². The number of hydrogen-bond donors (Lipinski definition) is 1. The monoisotopic (exact) mass is 337 g/mol. The molecule has 0 saturated carbocycles. The van der Waals surface area contributed by atoms with Crippen LogP contribution in [0.15, 0.2) is 15.9 Å². The van der Waals surface area contributed by atoms with Gasteiger partial charge in [-0.15, -0.1) is 11.3 Å². The molecule has 0 aromatic carbocycles. The highest BCUT2D eigenvalue weighted by atomic mass is 79.9. The number of fused-ring (bicyclic) bond motifs is 1. The molecule has 3 nitrogen and oxygen atoms in total. The fourth-order valence-electron chi connectivity index (χ4n) is 2.45. The van der Waals surface area contributed by atoms with Crippen LogP contribution in [0.25, 0.3) is 10.7 Å². The van der Waals surface area contributed by atoms with E-state index in [0.717, 1.165) is 40.4 Å². The van der Waals surface area contributed by atoms with Gasteiger partial charge in [0.2, 0.25) is 0 Å². The van der Waals surface area contributed by atoms with Gasteiger partial charge in [0.25, 0.3) is 0 Å². The van der Waals surface area contributed by atoms with Crippen LogP contribution in [0.2, 0.25) is 0 Å². The summed E-state index contributed by atoms with van der Waals surface area (Å²) >= 11 is 5.17. The van der Waals surface area contributed by atoms with E-state index >= 15 is 0 Å². The van der Waals surface area contributed by atoms with Crippen LogP contribution in [0.4, 0.5) is 5.82 Å². The first-order valence-electron chi connectivity index (χ1n) is 6.66. The normalized spacial score (nSPS) is 14.2. The Labute approximate surface area is 125 Å². The molecule has 0 spiro atoms. The SMILES string of the molecule is CCNc1nc(-c2cc(Br)cs2)nc2c1CCCC2. The molecule has 1 N–H and O–H groups in total. The molecule has 2 aromatic rings. The largest absolute Gasteiger partial charge is 0.370 e. The van der Waals surface area contributed by atoms with Crippen LogP contribution in [-0.4, -0.2) is 16.5 Å². The molecule has 1 aliphatic rings. The summed E-state index contributed by atoms with van der Waals surface area (Å²) in [4.78, 5) is 10.6. The molecule has 0 radical (unpaired) electrons. The van der Waals surface area contributed by atoms with E-state index in [1.54, 1.807) is 11.3 Å². The molecule has 5 heteroatoms. The smallest absolute Gasteiger partial charge is 0.171 e. The summed E-state index contributed by atoms with van der Waals surface area (Å²) < 4.78 is 1.10. The molecule has 2 aromatic heterocycles. The summed E-state index contributed by atoms with van der Waals surface area (Å²) in [6, 6.07) is 2.09. The molecule has 0 amide bonds. The number of anilines is 1. The molecule has 1 aliphatic carbocycles. The summed E-state index contributed by atoms with van der Waals surface area (Å²) in [6.07, 6.45) is 4.67. The highest BCUT2D eigenvalue weighted by Gasteiger charge is 2.18. The molecule has 100 valence electrons. The van der Waals surface area contributed by atoms with Crippen molar-refractivity contribution < 1.29 is 0 Å². The second-order valence-electron chi connectivity index (χ2n) is 4.69. The zero-order chi connectivity index (χ0) is 13.2. The number of nitrogens with one attached hydrogen (secondary N) is 1. The maximum atomic E-state index is 4.78. The molecule has 2 heterocycles. The minimum Gasteiger partial charge on any atom is -0.370 e. The third kappa shape index (κ3) is 2.67. The summed E-state index contributed by atoms with van der Waals surface area (Å²) in [6.45, 7) is 3.01. The third-order valence-electron chi connectivity index (χ3n) is 3.32. The highest BCUT2D eigenvalue weighted by Crippen LogP contribution is 2.32. The second kappa shape index (κ2) is 5.59. The Hall–Kier alpha value is -0.940. The molecule has 0 saturated heterocycles. The molecule has 3 rings (SSSR count). The number of nitrogens with zero attached hydrogens (tertiary/aromatic N) is 2. The quantitative estimate of drug-likeness (QED) is 0.908. The molecule has 19 heavy (non-hydrogen) atoms. The summed E-state index contributed by atoms with van der Waals surface area (Å²) in [5.74, 6) is 1.89. The second-order valence-corrected chi connectivity index (χ2v) is 6.51. The van der Waals surface area contributed by atoms with E-state index < -0.39 is 0 Å². The van der Waals surface area contributed by atoms with Crippen molar-refractivity contribution in [3.63, 3.8) is 0 Å². The van der Waals surface area contributed by atoms with E-state index in [2.05, 4.69) is 39.6 Å². The van der Waals surface area contributed by atoms with Gasteiger partial charge in [0, 0.05) is 27.7 Å². The Morgan fingerprint density at radius 1 is 1.32 bits per heavy atom. The van der Waals surface area contributed by atoms with E-state index in [1.807, 2.05) is 0 Å². The Bertz CT molecular complexity index is 594. The van der Waals surface area contributed by atoms with Crippen LogP contribution in [0.1, 0.15) is 31.0 Å². The molecule has 0 unspecified atom stereocenters. The molecular formula is C14H16BrN3S. The van der Waals surface area contributed by atoms with Gasteiger partial charge in [-0.05, 0) is 54.6 Å². The maximum Gasteiger partial charge on any atom is 0.171 e. The van der Waals surface area contributed by atoms with Crippen LogP contribution in [0.3, 0.4) is 0 Å². The Balaban J connectivity index is 2.08. The lowest BCUT2D eigenvalue weighted by molar-refractivity contribution is 0.665. The van der Waals surface area contributed by atoms with Gasteiger partial charge in [0.1, 0.15) is 5.82 Å². The topological polar surface area (TPSA) is 37.8 Å². The molecule has 0 fully saturated rings. The zero-order valence-corrected chi connectivity index (χ0v) is 13.3. The first kappa shape index (κ1) is 13.1. The van der Waals surface area contributed by atoms with Crippen LogP contribution in [0.5, 0.6) is 0 Å². The average Bonchev–Trinajstić information content (AvgIpc) is 2.86. The number of hydrogen-bond acceptors (Lipinski definition) is 4. The van der Waals surface area contributed by atoms with Crippen molar-refractivity contribution in [3.05, 3.63) is 27.2 Å². The Kier molecular flexibility index (Phi) is 3.84. The Morgan fingerprint density at radius 3 is 2.89 bits per heavy atom. The van der Waals surface area contributed by atoms with E-state index in [-0.39, 0.29) is 0 Å². The Morgan fingerprint density at radius 2 is 2.16 bits per heavy atom. The standard InChI is InChI=1S/C14H16BrN3S/c1-2-16-13-10-5-3-4-6-11(10)17-14(18-13)12-7-9(15)8-19-12/h7-8H,2-6H2,1H3,(H,16,17,18). The molecule has 0 bridgehead atoms. The van der Waals surface area contributed by atoms with Crippen molar-refractivity contribution in [1.82, 2.24) is 9.97 Å². The summed E-state index contributed by atoms with van der Waals surface area (Å²) in [7, 11) is 0. The predicted octanol–water partition coefficient (Wildman–Crippen LogP) is 4.28. The van der Waals surface area contributed by atoms with Gasteiger partial charge in [0.15, 0.2) is 5.82 Å². The van der Waals surface area contributed by atoms with Crippen molar-refractivity contribution >= 4 is 33.1 Å². The van der Waals surface area contributed by atoms with E-state index in [4.69, 9.17) is 9.97 Å². The lowest BCUT2D eigenvalue weighted by Gasteiger charge is -2.19. The number of aryl methyl sites for hydroxylation is 1. The number of thiophene rings is 1. The number of halogens is 1. The van der Waals surface area contributed by atoms with E-state index in [0.29, 0.717) is 0 Å². The fourth-order valence-corrected chi connectivity index (χ4v) is 3.81. The van der Waals surface area contributed by atoms with Gasteiger partial charge in [0.05, 0.1) is 4.88 Å². The van der Waals surface area contributed by atoms with Crippen molar-refractivity contribution in [2.45, 2.75) is 32.6 Å². The number of rotatable bonds is 3. The lowest BCUT2D eigenvalue weighted by Crippen LogP contribution is -2.13. The lowest BCUT2D eigenvalue weighted by atomic mass is 9.96. The van der Waals surface area contributed by atoms with Crippen LogP contribution in [0, 0.1) is 0 Å². The van der Waals surface area contributed by atoms with E-state index in [9.17, 15) is 0 Å². The minimum atomic E-state index is 0.854. The van der Waals surface area contributed by atoms with Gasteiger partial charge in [-0.2, -0.15) is 0 Å².